The van der Waals surface area contributed by atoms with Crippen LogP contribution in [0.4, 0.5) is 11.5 Å². The molecule has 0 spiro atoms. The molecule has 5 heterocycles. The first kappa shape index (κ1) is 46.5. The number of carbonyl (C=O) groups is 4. The fraction of sp³-hybridized carbons (Fsp3) is 0.347. The molecule has 2 aliphatic heterocycles. The lowest BCUT2D eigenvalue weighted by Gasteiger charge is -2.36. The number of likely N-dealkylation sites (tertiary alicyclic amines) is 2. The average molecular weight is 926 g/mol. The lowest BCUT2D eigenvalue weighted by Crippen LogP contribution is -2.58. The predicted octanol–water partition coefficient (Wildman–Crippen LogP) is 5.87. The molecule has 17 nitrogen and oxygen atoms in total. The van der Waals surface area contributed by atoms with Gasteiger partial charge in [-0.1, -0.05) is 69.8 Å². The van der Waals surface area contributed by atoms with Crippen molar-refractivity contribution in [1.29, 1.82) is 0 Å². The number of ether oxygens (including phenoxy) is 1. The van der Waals surface area contributed by atoms with E-state index in [1.54, 1.807) is 23.5 Å². The zero-order valence-corrected chi connectivity index (χ0v) is 38.8. The van der Waals surface area contributed by atoms with Crippen LogP contribution in [0.3, 0.4) is 0 Å². The predicted molar refractivity (Wildman–Crippen MR) is 257 cm³/mol. The van der Waals surface area contributed by atoms with Gasteiger partial charge in [0.2, 0.25) is 23.6 Å². The number of carbonyl (C=O) groups excluding carboxylic acids is 4. The highest BCUT2D eigenvalue weighted by Crippen LogP contribution is 2.39. The maximum atomic E-state index is 14.3. The number of anilines is 2. The van der Waals surface area contributed by atoms with Crippen LogP contribution < -0.4 is 26.4 Å². The minimum atomic E-state index is -0.954. The molecule has 18 heteroatoms. The zero-order valence-electron chi connectivity index (χ0n) is 37.9. The summed E-state index contributed by atoms with van der Waals surface area (Å²) in [5.74, 6) is -0.249. The number of hydrogen-bond acceptors (Lipinski definition) is 13. The average Bonchev–Trinajstić information content (AvgIpc) is 4.05. The van der Waals surface area contributed by atoms with E-state index in [9.17, 15) is 24.3 Å². The number of amides is 4. The van der Waals surface area contributed by atoms with Crippen molar-refractivity contribution >= 4 is 57.5 Å². The van der Waals surface area contributed by atoms with Crippen molar-refractivity contribution in [1.82, 2.24) is 45.2 Å². The van der Waals surface area contributed by atoms with Crippen LogP contribution in [0.1, 0.15) is 57.3 Å². The van der Waals surface area contributed by atoms with Crippen molar-refractivity contribution in [2.24, 2.45) is 5.41 Å². The normalized spacial score (nSPS) is 17.2. The zero-order chi connectivity index (χ0) is 47.4. The fourth-order valence-electron chi connectivity index (χ4n) is 8.63. The van der Waals surface area contributed by atoms with Gasteiger partial charge >= 0.3 is 0 Å². The molecule has 67 heavy (non-hydrogen) atoms. The van der Waals surface area contributed by atoms with Crippen LogP contribution in [-0.2, 0) is 25.7 Å². The number of thiazole rings is 1. The number of aliphatic hydroxyl groups is 1. The van der Waals surface area contributed by atoms with E-state index in [0.717, 1.165) is 21.7 Å². The van der Waals surface area contributed by atoms with E-state index >= 15 is 0 Å². The van der Waals surface area contributed by atoms with Gasteiger partial charge in [-0.05, 0) is 72.7 Å². The van der Waals surface area contributed by atoms with E-state index in [4.69, 9.17) is 15.6 Å². The van der Waals surface area contributed by atoms with Crippen LogP contribution in [0.2, 0.25) is 0 Å². The first-order valence-corrected chi connectivity index (χ1v) is 23.1. The number of aliphatic hydroxyl groups excluding tert-OH is 1. The van der Waals surface area contributed by atoms with E-state index in [1.807, 2.05) is 103 Å². The van der Waals surface area contributed by atoms with Crippen molar-refractivity contribution in [3.05, 3.63) is 109 Å². The molecule has 6 N–H and O–H groups in total. The monoisotopic (exact) mass is 925 g/mol. The Bertz CT molecular complexity index is 2780. The third-order valence-electron chi connectivity index (χ3n) is 12.2. The number of aryl methyl sites for hydroxylation is 1. The summed E-state index contributed by atoms with van der Waals surface area (Å²) >= 11 is 1.57. The smallest absolute Gasteiger partial charge is 0.247 e. The third kappa shape index (κ3) is 10.5. The Morgan fingerprint density at radius 1 is 1.00 bits per heavy atom. The van der Waals surface area contributed by atoms with Crippen LogP contribution in [-0.4, -0.2) is 108 Å². The van der Waals surface area contributed by atoms with Crippen LogP contribution in [0.25, 0.3) is 32.7 Å². The molecule has 3 atom stereocenters. The van der Waals surface area contributed by atoms with Gasteiger partial charge in [0.1, 0.15) is 35.7 Å². The molecule has 2 saturated heterocycles. The molecule has 0 radical (unpaired) electrons. The molecule has 0 bridgehead atoms. The summed E-state index contributed by atoms with van der Waals surface area (Å²) in [6, 6.07) is 20.5. The Morgan fingerprint density at radius 3 is 2.42 bits per heavy atom. The summed E-state index contributed by atoms with van der Waals surface area (Å²) in [7, 11) is 0. The summed E-state index contributed by atoms with van der Waals surface area (Å²) in [5.41, 5.74) is 12.6. The van der Waals surface area contributed by atoms with Crippen molar-refractivity contribution in [2.45, 2.75) is 77.7 Å². The largest absolute Gasteiger partial charge is 0.455 e. The third-order valence-corrected chi connectivity index (χ3v) is 13.1. The van der Waals surface area contributed by atoms with E-state index < -0.39 is 35.4 Å². The number of nitrogens with zero attached hydrogens (tertiary/aromatic N) is 7. The summed E-state index contributed by atoms with van der Waals surface area (Å²) in [6.07, 6.45) is 3.07. The number of aromatic nitrogens is 5. The van der Waals surface area contributed by atoms with Crippen molar-refractivity contribution in [3.8, 4) is 33.2 Å². The Kier molecular flexibility index (Phi) is 13.8. The second-order valence-corrected chi connectivity index (χ2v) is 18.9. The number of para-hydroxylation sites is 1. The lowest BCUT2D eigenvalue weighted by atomic mass is 9.85. The highest BCUT2D eigenvalue weighted by atomic mass is 32.1. The molecule has 2 fully saturated rings. The molecule has 0 aliphatic carbocycles. The number of piperidine rings is 1. The molecule has 3 aromatic carbocycles. The Hall–Kier alpha value is -7.02. The lowest BCUT2D eigenvalue weighted by molar-refractivity contribution is -0.144. The molecule has 0 saturated carbocycles. The molecule has 6 aromatic rings. The molecule has 4 amide bonds. The van der Waals surface area contributed by atoms with Gasteiger partial charge in [-0.3, -0.25) is 24.1 Å². The van der Waals surface area contributed by atoms with E-state index in [2.05, 4.69) is 37.5 Å². The van der Waals surface area contributed by atoms with Gasteiger partial charge in [0.15, 0.2) is 11.4 Å². The fourth-order valence-corrected chi connectivity index (χ4v) is 9.44. The Labute approximate surface area is 392 Å². The molecular weight excluding hydrogens is 871 g/mol. The number of β-amino-alcohol motifs (C(OH)–C–C–N with tert-alkyl or cyclic N) is 1. The Morgan fingerprint density at radius 2 is 1.73 bits per heavy atom. The van der Waals surface area contributed by atoms with Crippen LogP contribution in [0.5, 0.6) is 11.5 Å². The highest BCUT2D eigenvalue weighted by molar-refractivity contribution is 7.13. The summed E-state index contributed by atoms with van der Waals surface area (Å²) in [4.78, 5) is 71.9. The van der Waals surface area contributed by atoms with Crippen LogP contribution in [0, 0.1) is 12.3 Å². The number of nitrogen functional groups attached to an aromatic ring is 1. The van der Waals surface area contributed by atoms with E-state index in [0.29, 0.717) is 65.4 Å². The SMILES string of the molecule is C=CC(=O)Nc1cc(-c2nn(C3CCN(CC(=O)N[C@@H](C(=O)N4C[C@@H](O)C[C@@H]4C(=O)NCc4ccc(-c5scnc5C)cc4)C(C)(C)C)CC3)c3ncnc(N)c23)ccc1Oc1ccccc1. The van der Waals surface area contributed by atoms with E-state index in [1.165, 1.54) is 17.3 Å². The second-order valence-electron chi connectivity index (χ2n) is 18.0. The minimum absolute atomic E-state index is 0.0167. The molecule has 348 valence electrons. The number of nitrogens with two attached hydrogens (primary N) is 1. The summed E-state index contributed by atoms with van der Waals surface area (Å²) < 4.78 is 7.98. The van der Waals surface area contributed by atoms with E-state index in [-0.39, 0.29) is 49.7 Å². The number of hydrogen-bond donors (Lipinski definition) is 5. The molecule has 8 rings (SSSR count). The van der Waals surface area contributed by atoms with Gasteiger partial charge in [-0.15, -0.1) is 11.3 Å². The molecule has 2 aliphatic rings. The summed E-state index contributed by atoms with van der Waals surface area (Å²) in [6.45, 7) is 12.6. The van der Waals surface area contributed by atoms with Crippen LogP contribution >= 0.6 is 11.3 Å². The highest BCUT2D eigenvalue weighted by Gasteiger charge is 2.44. The first-order valence-electron chi connectivity index (χ1n) is 22.2. The van der Waals surface area contributed by atoms with Crippen molar-refractivity contribution < 1.29 is 29.0 Å². The summed E-state index contributed by atoms with van der Waals surface area (Å²) in [5, 5.41) is 25.1. The number of rotatable bonds is 14. The standard InChI is InChI=1S/C49H55N11O6S/c1-6-39(62)55-36-22-32(16-17-38(36)66-35-10-8-7-9-11-35)42-41-45(50)52-27-53-46(41)60(57-42)33-18-20-58(21-19-33)26-40(63)56-44(49(3,4)5)48(65)59-25-34(61)23-37(59)47(64)51-24-30-12-14-31(15-13-30)43-29(2)54-28-67-43/h6-17,22,27-28,33-34,37,44,61H,1,18-21,23-26H2,2-5H3,(H,51,64)(H,55,62)(H,56,63)(H2,50,52,53)/t34-,37+,44-/m0/s1. The number of fused-ring (bicyclic) bond motifs is 1. The Balaban J connectivity index is 0.911. The van der Waals surface area contributed by atoms with Crippen LogP contribution in [0.15, 0.2) is 97.3 Å². The topological polar surface area (TPSA) is 223 Å². The van der Waals surface area contributed by atoms with Crippen molar-refractivity contribution in [2.75, 3.05) is 37.2 Å². The molecular formula is C49H55N11O6S. The van der Waals surface area contributed by atoms with Gasteiger partial charge in [-0.2, -0.15) is 5.10 Å². The van der Waals surface area contributed by atoms with Gasteiger partial charge in [0, 0.05) is 38.2 Å². The van der Waals surface area contributed by atoms with Gasteiger partial charge in [0.05, 0.1) is 45.8 Å². The quantitative estimate of drug-likeness (QED) is 0.0810. The first-order chi connectivity index (χ1) is 32.2. The second kappa shape index (κ2) is 19.8. The van der Waals surface area contributed by atoms with Gasteiger partial charge in [-0.25, -0.2) is 19.6 Å². The molecule has 3 aromatic heterocycles. The minimum Gasteiger partial charge on any atom is -0.455 e. The van der Waals surface area contributed by atoms with Gasteiger partial charge in [0.25, 0.3) is 0 Å². The van der Waals surface area contributed by atoms with Crippen molar-refractivity contribution in [3.63, 3.8) is 0 Å². The number of nitrogens with one attached hydrogen (secondary N) is 3. The molecule has 0 unspecified atom stereocenters. The maximum absolute atomic E-state index is 14.3. The number of benzene rings is 3. The van der Waals surface area contributed by atoms with Gasteiger partial charge < -0.3 is 36.4 Å². The maximum Gasteiger partial charge on any atom is 0.247 e.